The topological polar surface area (TPSA) is 36.6 Å². The zero-order valence-corrected chi connectivity index (χ0v) is 10.2. The van der Waals surface area contributed by atoms with Gasteiger partial charge in [0, 0.05) is 23.4 Å². The van der Waals surface area contributed by atoms with Gasteiger partial charge in [0.15, 0.2) is 0 Å². The maximum absolute atomic E-state index is 9.57. The number of benzene rings is 1. The molecule has 90 valence electrons. The first kappa shape index (κ1) is 10.7. The van der Waals surface area contributed by atoms with E-state index in [1.54, 1.807) is 6.07 Å². The van der Waals surface area contributed by atoms with Crippen LogP contribution < -0.4 is 0 Å². The van der Waals surface area contributed by atoms with Crippen LogP contribution in [0.2, 0.25) is 0 Å². The SMILES string of the molecule is CN(C)C1CCc2oc3ccc(O)cc3c2C1. The number of phenols is 1. The molecule has 1 aromatic carbocycles. The number of aryl methyl sites for hydroxylation is 1. The highest BCUT2D eigenvalue weighted by Gasteiger charge is 2.25. The molecule has 0 bridgehead atoms. The van der Waals surface area contributed by atoms with Gasteiger partial charge in [-0.1, -0.05) is 0 Å². The lowest BCUT2D eigenvalue weighted by Gasteiger charge is -2.27. The van der Waals surface area contributed by atoms with Crippen molar-refractivity contribution >= 4 is 11.0 Å². The van der Waals surface area contributed by atoms with Crippen molar-refractivity contribution in [1.82, 2.24) is 4.90 Å². The molecule has 0 saturated heterocycles. The first-order valence-electron chi connectivity index (χ1n) is 6.05. The summed E-state index contributed by atoms with van der Waals surface area (Å²) in [5.41, 5.74) is 2.17. The molecule has 0 fully saturated rings. The summed E-state index contributed by atoms with van der Waals surface area (Å²) in [6, 6.07) is 5.93. The molecule has 0 amide bonds. The zero-order valence-electron chi connectivity index (χ0n) is 10.2. The molecule has 1 unspecified atom stereocenters. The Morgan fingerprint density at radius 3 is 2.94 bits per heavy atom. The number of aromatic hydroxyl groups is 1. The van der Waals surface area contributed by atoms with Gasteiger partial charge in [-0.3, -0.25) is 0 Å². The van der Waals surface area contributed by atoms with Gasteiger partial charge in [-0.2, -0.15) is 0 Å². The second kappa shape index (κ2) is 3.77. The van der Waals surface area contributed by atoms with Crippen molar-refractivity contribution in [3.63, 3.8) is 0 Å². The number of hydrogen-bond acceptors (Lipinski definition) is 3. The number of rotatable bonds is 1. The van der Waals surface area contributed by atoms with Crippen LogP contribution in [0.15, 0.2) is 22.6 Å². The van der Waals surface area contributed by atoms with E-state index < -0.39 is 0 Å². The van der Waals surface area contributed by atoms with Crippen LogP contribution in [0, 0.1) is 0 Å². The molecule has 0 radical (unpaired) electrons. The predicted molar refractivity (Wildman–Crippen MR) is 67.4 cm³/mol. The summed E-state index contributed by atoms with van der Waals surface area (Å²) in [6.07, 6.45) is 3.15. The lowest BCUT2D eigenvalue weighted by molar-refractivity contribution is 0.261. The van der Waals surface area contributed by atoms with Gasteiger partial charge < -0.3 is 14.4 Å². The quantitative estimate of drug-likeness (QED) is 0.819. The Morgan fingerprint density at radius 2 is 2.18 bits per heavy atom. The third kappa shape index (κ3) is 1.71. The predicted octanol–water partition coefficient (Wildman–Crippen LogP) is 2.56. The van der Waals surface area contributed by atoms with Crippen molar-refractivity contribution < 1.29 is 9.52 Å². The lowest BCUT2D eigenvalue weighted by atomic mass is 9.91. The Morgan fingerprint density at radius 1 is 1.35 bits per heavy atom. The molecule has 1 aliphatic carbocycles. The van der Waals surface area contributed by atoms with E-state index >= 15 is 0 Å². The van der Waals surface area contributed by atoms with Crippen LogP contribution in [0.5, 0.6) is 5.75 Å². The van der Waals surface area contributed by atoms with E-state index in [1.807, 2.05) is 12.1 Å². The first-order valence-corrected chi connectivity index (χ1v) is 6.05. The van der Waals surface area contributed by atoms with Crippen LogP contribution in [0.1, 0.15) is 17.7 Å². The average molecular weight is 231 g/mol. The van der Waals surface area contributed by atoms with Gasteiger partial charge in [0.1, 0.15) is 17.1 Å². The number of furan rings is 1. The summed E-state index contributed by atoms with van der Waals surface area (Å²) in [7, 11) is 4.24. The molecule has 17 heavy (non-hydrogen) atoms. The van der Waals surface area contributed by atoms with Crippen molar-refractivity contribution in [1.29, 1.82) is 0 Å². The lowest BCUT2D eigenvalue weighted by Crippen LogP contribution is -2.33. The van der Waals surface area contributed by atoms with Crippen LogP contribution in [0.25, 0.3) is 11.0 Å². The minimum absolute atomic E-state index is 0.313. The van der Waals surface area contributed by atoms with Gasteiger partial charge in [0.25, 0.3) is 0 Å². The van der Waals surface area contributed by atoms with Gasteiger partial charge in [0.05, 0.1) is 0 Å². The second-order valence-electron chi connectivity index (χ2n) is 5.04. The number of phenolic OH excluding ortho intramolecular Hbond substituents is 1. The van der Waals surface area contributed by atoms with Crippen LogP contribution >= 0.6 is 0 Å². The van der Waals surface area contributed by atoms with E-state index in [1.165, 1.54) is 5.56 Å². The standard InChI is InChI=1S/C14H17NO2/c1-15(2)9-3-5-13-11(7-9)12-8-10(16)4-6-14(12)17-13/h4,6,8-9,16H,3,5,7H2,1-2H3. The summed E-state index contributed by atoms with van der Waals surface area (Å²) in [5.74, 6) is 1.41. The fraction of sp³-hybridized carbons (Fsp3) is 0.429. The molecule has 2 aromatic rings. The number of nitrogens with zero attached hydrogens (tertiary/aromatic N) is 1. The summed E-state index contributed by atoms with van der Waals surface area (Å²) in [6.45, 7) is 0. The molecule has 0 aliphatic heterocycles. The Hall–Kier alpha value is -1.48. The van der Waals surface area contributed by atoms with E-state index in [2.05, 4.69) is 19.0 Å². The summed E-state index contributed by atoms with van der Waals surface area (Å²) in [4.78, 5) is 2.27. The monoisotopic (exact) mass is 231 g/mol. The molecule has 0 spiro atoms. The summed E-state index contributed by atoms with van der Waals surface area (Å²) in [5, 5.41) is 10.6. The molecule has 1 aromatic heterocycles. The Kier molecular flexibility index (Phi) is 2.37. The van der Waals surface area contributed by atoms with Crippen LogP contribution in [-0.4, -0.2) is 30.1 Å². The second-order valence-corrected chi connectivity index (χ2v) is 5.04. The minimum Gasteiger partial charge on any atom is -0.508 e. The van der Waals surface area contributed by atoms with Crippen molar-refractivity contribution in [3.8, 4) is 5.75 Å². The number of fused-ring (bicyclic) bond motifs is 3. The highest BCUT2D eigenvalue weighted by Crippen LogP contribution is 2.34. The van der Waals surface area contributed by atoms with Crippen LogP contribution in [0.3, 0.4) is 0 Å². The van der Waals surface area contributed by atoms with E-state index in [0.717, 1.165) is 36.0 Å². The molecular weight excluding hydrogens is 214 g/mol. The number of likely N-dealkylation sites (N-methyl/N-ethyl adjacent to an activating group) is 1. The van der Waals surface area contributed by atoms with Crippen molar-refractivity contribution in [2.75, 3.05) is 14.1 Å². The fourth-order valence-corrected chi connectivity index (χ4v) is 2.69. The highest BCUT2D eigenvalue weighted by molar-refractivity contribution is 5.84. The Labute approximate surface area is 101 Å². The molecule has 0 saturated carbocycles. The van der Waals surface area contributed by atoms with Crippen molar-refractivity contribution in [2.45, 2.75) is 25.3 Å². The molecule has 1 atom stereocenters. The van der Waals surface area contributed by atoms with E-state index in [9.17, 15) is 5.11 Å². The third-order valence-corrected chi connectivity index (χ3v) is 3.73. The van der Waals surface area contributed by atoms with Crippen molar-refractivity contribution in [3.05, 3.63) is 29.5 Å². The minimum atomic E-state index is 0.313. The Bertz CT molecular complexity index is 557. The molecular formula is C14H17NO2. The van der Waals surface area contributed by atoms with E-state index in [-0.39, 0.29) is 0 Å². The van der Waals surface area contributed by atoms with Gasteiger partial charge in [-0.15, -0.1) is 0 Å². The molecule has 1 aliphatic rings. The third-order valence-electron chi connectivity index (χ3n) is 3.73. The number of hydrogen-bond donors (Lipinski definition) is 1. The van der Waals surface area contributed by atoms with Crippen molar-refractivity contribution in [2.24, 2.45) is 0 Å². The molecule has 1 heterocycles. The highest BCUT2D eigenvalue weighted by atomic mass is 16.3. The van der Waals surface area contributed by atoms with Crippen LogP contribution in [0.4, 0.5) is 0 Å². The molecule has 1 N–H and O–H groups in total. The largest absolute Gasteiger partial charge is 0.508 e. The van der Waals surface area contributed by atoms with E-state index in [0.29, 0.717) is 11.8 Å². The molecule has 3 heteroatoms. The van der Waals surface area contributed by atoms with Gasteiger partial charge in [-0.25, -0.2) is 0 Å². The van der Waals surface area contributed by atoms with Gasteiger partial charge in [-0.05, 0) is 45.1 Å². The first-order chi connectivity index (χ1) is 8.15. The average Bonchev–Trinajstić information content (AvgIpc) is 2.66. The van der Waals surface area contributed by atoms with Crippen LogP contribution in [-0.2, 0) is 12.8 Å². The molecule has 3 rings (SSSR count). The maximum atomic E-state index is 9.57. The summed E-state index contributed by atoms with van der Waals surface area (Å²) < 4.78 is 5.84. The van der Waals surface area contributed by atoms with Gasteiger partial charge >= 0.3 is 0 Å². The normalized spacial score (nSPS) is 19.8. The molecule has 3 nitrogen and oxygen atoms in total. The fourth-order valence-electron chi connectivity index (χ4n) is 2.69. The Balaban J connectivity index is 2.10. The van der Waals surface area contributed by atoms with Gasteiger partial charge in [0.2, 0.25) is 0 Å². The smallest absolute Gasteiger partial charge is 0.134 e. The van der Waals surface area contributed by atoms with E-state index in [4.69, 9.17) is 4.42 Å². The maximum Gasteiger partial charge on any atom is 0.134 e. The summed E-state index contributed by atoms with van der Waals surface area (Å²) >= 11 is 0. The zero-order chi connectivity index (χ0) is 12.0.